The number of nitrogens with zero attached hydrogens (tertiary/aromatic N) is 2. The number of rotatable bonds is 9. The summed E-state index contributed by atoms with van der Waals surface area (Å²) in [5, 5.41) is 2.83. The Hall–Kier alpha value is -3.86. The summed E-state index contributed by atoms with van der Waals surface area (Å²) in [5.41, 5.74) is 0.387. The van der Waals surface area contributed by atoms with Crippen LogP contribution in [-0.4, -0.2) is 43.3 Å². The Bertz CT molecular complexity index is 1530. The Kier molecular flexibility index (Phi) is 9.77. The maximum absolute atomic E-state index is 14.0. The second-order valence-corrected chi connectivity index (χ2v) is 13.2. The Balaban J connectivity index is 2.10. The molecular formula is C31H36F3N3O4S. The molecule has 0 fully saturated rings. The Labute approximate surface area is 245 Å². The van der Waals surface area contributed by atoms with E-state index < -0.39 is 51.7 Å². The van der Waals surface area contributed by atoms with E-state index in [1.165, 1.54) is 30.0 Å². The van der Waals surface area contributed by atoms with Crippen molar-refractivity contribution in [3.05, 3.63) is 95.1 Å². The van der Waals surface area contributed by atoms with Crippen LogP contribution in [0.1, 0.15) is 49.9 Å². The quantitative estimate of drug-likeness (QED) is 0.333. The molecule has 0 heterocycles. The van der Waals surface area contributed by atoms with Crippen LogP contribution in [0.15, 0.2) is 77.7 Å². The molecule has 1 atom stereocenters. The third-order valence-corrected chi connectivity index (χ3v) is 8.24. The van der Waals surface area contributed by atoms with E-state index >= 15 is 0 Å². The highest BCUT2D eigenvalue weighted by molar-refractivity contribution is 7.92. The summed E-state index contributed by atoms with van der Waals surface area (Å²) in [6, 6.07) is 15.8. The van der Waals surface area contributed by atoms with Gasteiger partial charge in [0.1, 0.15) is 12.6 Å². The summed E-state index contributed by atoms with van der Waals surface area (Å²) in [5.74, 6) is -1.23. The topological polar surface area (TPSA) is 86.8 Å². The third-order valence-electron chi connectivity index (χ3n) is 6.45. The first-order valence-electron chi connectivity index (χ1n) is 13.3. The molecular weight excluding hydrogens is 567 g/mol. The first kappa shape index (κ1) is 32.7. The molecule has 0 aliphatic carbocycles. The van der Waals surface area contributed by atoms with Crippen molar-refractivity contribution in [1.29, 1.82) is 0 Å². The maximum Gasteiger partial charge on any atom is 0.416 e. The average molecular weight is 604 g/mol. The molecule has 0 unspecified atom stereocenters. The largest absolute Gasteiger partial charge is 0.416 e. The molecule has 0 bridgehead atoms. The van der Waals surface area contributed by atoms with Gasteiger partial charge < -0.3 is 10.2 Å². The smallest absolute Gasteiger partial charge is 0.350 e. The molecule has 2 amide bonds. The fraction of sp³-hybridized carbons (Fsp3) is 0.355. The van der Waals surface area contributed by atoms with Gasteiger partial charge in [-0.15, -0.1) is 0 Å². The van der Waals surface area contributed by atoms with Gasteiger partial charge in [0.15, 0.2) is 0 Å². The number of carbonyl (C=O) groups is 2. The Morgan fingerprint density at radius 3 is 2.07 bits per heavy atom. The molecule has 0 saturated heterocycles. The van der Waals surface area contributed by atoms with Gasteiger partial charge in [0.2, 0.25) is 11.8 Å². The first-order valence-corrected chi connectivity index (χ1v) is 14.8. The monoisotopic (exact) mass is 603 g/mol. The van der Waals surface area contributed by atoms with Crippen molar-refractivity contribution in [1.82, 2.24) is 10.2 Å². The van der Waals surface area contributed by atoms with E-state index in [0.717, 1.165) is 23.3 Å². The van der Waals surface area contributed by atoms with E-state index in [1.54, 1.807) is 52.0 Å². The summed E-state index contributed by atoms with van der Waals surface area (Å²) in [6.07, 6.45) is -4.74. The van der Waals surface area contributed by atoms with Gasteiger partial charge in [-0.2, -0.15) is 13.2 Å². The summed E-state index contributed by atoms with van der Waals surface area (Å²) < 4.78 is 69.2. The zero-order valence-electron chi connectivity index (χ0n) is 24.5. The van der Waals surface area contributed by atoms with Gasteiger partial charge in [0.05, 0.1) is 16.1 Å². The molecule has 0 aliphatic heterocycles. The molecule has 1 N–H and O–H groups in total. The van der Waals surface area contributed by atoms with Crippen LogP contribution in [0.4, 0.5) is 18.9 Å². The first-order chi connectivity index (χ1) is 19.4. The minimum Gasteiger partial charge on any atom is -0.350 e. The lowest BCUT2D eigenvalue weighted by Gasteiger charge is -2.33. The van der Waals surface area contributed by atoms with E-state index in [0.29, 0.717) is 15.9 Å². The standard InChI is InChI=1S/C31H36F3N3O4S/c1-21-13-15-27(16-14-21)42(40,41)37(26-12-8-11-25(18-26)31(32,33)34)20-28(38)36(19-24-10-7-9-22(2)17-24)23(3)29(39)35-30(4,5)6/h7-18,23H,19-20H2,1-6H3,(H,35,39)/t23-/m0/s1. The van der Waals surface area contributed by atoms with Crippen molar-refractivity contribution in [3.8, 4) is 0 Å². The number of sulfonamides is 1. The van der Waals surface area contributed by atoms with E-state index in [1.807, 2.05) is 19.1 Å². The molecule has 226 valence electrons. The molecule has 42 heavy (non-hydrogen) atoms. The molecule has 7 nitrogen and oxygen atoms in total. The molecule has 11 heteroatoms. The molecule has 0 radical (unpaired) electrons. The van der Waals surface area contributed by atoms with E-state index in [2.05, 4.69) is 5.32 Å². The number of hydrogen-bond acceptors (Lipinski definition) is 4. The highest BCUT2D eigenvalue weighted by Gasteiger charge is 2.35. The van der Waals surface area contributed by atoms with Crippen molar-refractivity contribution < 1.29 is 31.2 Å². The number of anilines is 1. The predicted molar refractivity (Wildman–Crippen MR) is 156 cm³/mol. The normalized spacial score (nSPS) is 12.9. The number of nitrogens with one attached hydrogen (secondary N) is 1. The van der Waals surface area contributed by atoms with Gasteiger partial charge in [-0.25, -0.2) is 8.42 Å². The van der Waals surface area contributed by atoms with Crippen molar-refractivity contribution >= 4 is 27.5 Å². The molecule has 3 aromatic rings. The summed E-state index contributed by atoms with van der Waals surface area (Å²) >= 11 is 0. The van der Waals surface area contributed by atoms with Crippen molar-refractivity contribution in [2.24, 2.45) is 0 Å². The number of benzene rings is 3. The van der Waals surface area contributed by atoms with Gasteiger partial charge in [0.25, 0.3) is 10.0 Å². The van der Waals surface area contributed by atoms with Gasteiger partial charge in [-0.3, -0.25) is 13.9 Å². The molecule has 0 spiro atoms. The van der Waals surface area contributed by atoms with Crippen LogP contribution in [0.2, 0.25) is 0 Å². The Morgan fingerprint density at radius 1 is 0.881 bits per heavy atom. The lowest BCUT2D eigenvalue weighted by atomic mass is 10.1. The minimum atomic E-state index is -4.74. The lowest BCUT2D eigenvalue weighted by Crippen LogP contribution is -2.54. The van der Waals surface area contributed by atoms with Crippen molar-refractivity contribution in [3.63, 3.8) is 0 Å². The van der Waals surface area contributed by atoms with E-state index in [4.69, 9.17) is 0 Å². The number of aryl methyl sites for hydroxylation is 2. The lowest BCUT2D eigenvalue weighted by molar-refractivity contribution is -0.140. The van der Waals surface area contributed by atoms with Crippen LogP contribution < -0.4 is 9.62 Å². The second-order valence-electron chi connectivity index (χ2n) is 11.3. The number of alkyl halides is 3. The molecule has 3 rings (SSSR count). The summed E-state index contributed by atoms with van der Waals surface area (Å²) in [4.78, 5) is 28.2. The zero-order valence-corrected chi connectivity index (χ0v) is 25.3. The SMILES string of the molecule is Cc1ccc(S(=O)(=O)N(CC(=O)N(Cc2cccc(C)c2)[C@@H](C)C(=O)NC(C)(C)C)c2cccc(C(F)(F)F)c2)cc1. The van der Waals surface area contributed by atoms with Crippen LogP contribution in [0.5, 0.6) is 0 Å². The zero-order chi connectivity index (χ0) is 31.5. The minimum absolute atomic E-state index is 0.0275. The third kappa shape index (κ3) is 8.34. The average Bonchev–Trinajstić information content (AvgIpc) is 2.88. The van der Waals surface area contributed by atoms with Gasteiger partial charge in [-0.1, -0.05) is 53.6 Å². The summed E-state index contributed by atoms with van der Waals surface area (Å²) in [6.45, 7) is 9.65. The van der Waals surface area contributed by atoms with E-state index in [9.17, 15) is 31.2 Å². The fourth-order valence-electron chi connectivity index (χ4n) is 4.27. The molecule has 0 saturated carbocycles. The Morgan fingerprint density at radius 2 is 1.50 bits per heavy atom. The van der Waals surface area contributed by atoms with E-state index in [-0.39, 0.29) is 17.1 Å². The van der Waals surface area contributed by atoms with Crippen molar-refractivity contribution in [2.75, 3.05) is 10.8 Å². The molecule has 0 aromatic heterocycles. The summed E-state index contributed by atoms with van der Waals surface area (Å²) in [7, 11) is -4.50. The van der Waals surface area contributed by atoms with Crippen LogP contribution in [0.25, 0.3) is 0 Å². The molecule has 3 aromatic carbocycles. The maximum atomic E-state index is 14.0. The second kappa shape index (κ2) is 12.6. The van der Waals surface area contributed by atoms with Crippen LogP contribution >= 0.6 is 0 Å². The van der Waals surface area contributed by atoms with Crippen LogP contribution in [0.3, 0.4) is 0 Å². The van der Waals surface area contributed by atoms with Crippen molar-refractivity contribution in [2.45, 2.75) is 70.7 Å². The number of carbonyl (C=O) groups excluding carboxylic acids is 2. The van der Waals surface area contributed by atoms with Gasteiger partial charge in [0, 0.05) is 12.1 Å². The van der Waals surface area contributed by atoms with Crippen LogP contribution in [0, 0.1) is 13.8 Å². The highest BCUT2D eigenvalue weighted by Crippen LogP contribution is 2.33. The van der Waals surface area contributed by atoms with Gasteiger partial charge in [-0.05, 0) is 77.4 Å². The van der Waals surface area contributed by atoms with Crippen LogP contribution in [-0.2, 0) is 32.3 Å². The number of hydrogen-bond donors (Lipinski definition) is 1. The fourth-order valence-corrected chi connectivity index (χ4v) is 5.67. The molecule has 0 aliphatic rings. The number of amides is 2. The predicted octanol–water partition coefficient (Wildman–Crippen LogP) is 5.85. The number of halogens is 3. The highest BCUT2D eigenvalue weighted by atomic mass is 32.2. The van der Waals surface area contributed by atoms with Gasteiger partial charge >= 0.3 is 6.18 Å².